The third kappa shape index (κ3) is 11.6. The van der Waals surface area contributed by atoms with E-state index in [-0.39, 0.29) is 73.5 Å². The Kier molecular flexibility index (Phi) is 14.3. The summed E-state index contributed by atoms with van der Waals surface area (Å²) >= 11 is 0. The summed E-state index contributed by atoms with van der Waals surface area (Å²) in [6.07, 6.45) is 3.39. The quantitative estimate of drug-likeness (QED) is 0.149. The maximum atomic E-state index is 12.1. The van der Waals surface area contributed by atoms with Gasteiger partial charge < -0.3 is 29.2 Å². The van der Waals surface area contributed by atoms with E-state index in [0.29, 0.717) is 26.1 Å². The summed E-state index contributed by atoms with van der Waals surface area (Å²) in [5.74, 6) is -0.0295. The number of phenols is 2. The van der Waals surface area contributed by atoms with Gasteiger partial charge in [0.1, 0.15) is 24.7 Å². The second-order valence-corrected chi connectivity index (χ2v) is 11.8. The Labute approximate surface area is 251 Å². The Hall–Kier alpha value is -3.10. The van der Waals surface area contributed by atoms with Gasteiger partial charge in [-0.1, -0.05) is 65.8 Å². The number of rotatable bonds is 19. The van der Waals surface area contributed by atoms with Gasteiger partial charge in [0.05, 0.1) is 26.4 Å². The number of carbonyl (C=O) groups is 2. The summed E-state index contributed by atoms with van der Waals surface area (Å²) in [5.41, 5.74) is 3.47. The van der Waals surface area contributed by atoms with Gasteiger partial charge in [-0.15, -0.1) is 0 Å². The van der Waals surface area contributed by atoms with Crippen molar-refractivity contribution in [1.82, 2.24) is 0 Å². The number of carbonyl (C=O) groups excluding carboxylic acids is 2. The minimum absolute atomic E-state index is 0.141. The highest BCUT2D eigenvalue weighted by Crippen LogP contribution is 2.35. The molecule has 0 bridgehead atoms. The third-order valence-corrected chi connectivity index (χ3v) is 7.94. The van der Waals surface area contributed by atoms with Crippen LogP contribution < -0.4 is 0 Å². The van der Waals surface area contributed by atoms with Crippen molar-refractivity contribution < 1.29 is 38.7 Å². The monoisotopic (exact) mass is 586 g/mol. The van der Waals surface area contributed by atoms with Crippen molar-refractivity contribution in [3.05, 3.63) is 58.7 Å². The van der Waals surface area contributed by atoms with Crippen LogP contribution in [0.2, 0.25) is 0 Å². The third-order valence-electron chi connectivity index (χ3n) is 7.94. The van der Waals surface area contributed by atoms with Gasteiger partial charge >= 0.3 is 11.9 Å². The average molecular weight is 587 g/mol. The zero-order chi connectivity index (χ0) is 31.2. The summed E-state index contributed by atoms with van der Waals surface area (Å²) in [6, 6.07) is 11.0. The minimum Gasteiger partial charge on any atom is -0.508 e. The van der Waals surface area contributed by atoms with Crippen molar-refractivity contribution >= 4 is 11.9 Å². The van der Waals surface area contributed by atoms with E-state index < -0.39 is 0 Å². The number of hydrogen-bond acceptors (Lipinski definition) is 8. The van der Waals surface area contributed by atoms with Crippen LogP contribution in [0.15, 0.2) is 36.4 Å². The van der Waals surface area contributed by atoms with Gasteiger partial charge in [0, 0.05) is 12.8 Å². The molecule has 2 aromatic rings. The summed E-state index contributed by atoms with van der Waals surface area (Å²) in [6.45, 7) is 14.1. The molecule has 2 aromatic carbocycles. The SMILES string of the molecule is CCC(C)(C)c1cc(CCC(=O)OCCOCCOCCOC(=O)CCc2ccc(O)c(C(C)(C)CC)c2)ccc1O. The van der Waals surface area contributed by atoms with E-state index in [9.17, 15) is 19.8 Å². The van der Waals surface area contributed by atoms with E-state index >= 15 is 0 Å². The number of hydrogen-bond donors (Lipinski definition) is 2. The predicted molar refractivity (Wildman–Crippen MR) is 163 cm³/mol. The number of esters is 2. The molecular formula is C34H50O8. The van der Waals surface area contributed by atoms with Gasteiger partial charge in [-0.2, -0.15) is 0 Å². The lowest BCUT2D eigenvalue weighted by Crippen LogP contribution is -2.16. The molecule has 0 amide bonds. The molecule has 0 spiro atoms. The fourth-order valence-corrected chi connectivity index (χ4v) is 4.33. The van der Waals surface area contributed by atoms with Crippen LogP contribution in [0.25, 0.3) is 0 Å². The van der Waals surface area contributed by atoms with E-state index in [4.69, 9.17) is 18.9 Å². The van der Waals surface area contributed by atoms with Crippen molar-refractivity contribution in [3.8, 4) is 11.5 Å². The summed E-state index contributed by atoms with van der Waals surface area (Å²) in [7, 11) is 0. The van der Waals surface area contributed by atoms with E-state index in [1.165, 1.54) is 0 Å². The van der Waals surface area contributed by atoms with Gasteiger partial charge in [-0.05, 0) is 70.9 Å². The number of phenolic OH excluding ortho intramolecular Hbond substituents is 2. The molecule has 0 saturated carbocycles. The van der Waals surface area contributed by atoms with Gasteiger partial charge in [0.15, 0.2) is 0 Å². The van der Waals surface area contributed by atoms with Crippen LogP contribution in [0.5, 0.6) is 11.5 Å². The fourth-order valence-electron chi connectivity index (χ4n) is 4.33. The van der Waals surface area contributed by atoms with Crippen molar-refractivity contribution in [2.45, 2.75) is 90.9 Å². The molecular weight excluding hydrogens is 536 g/mol. The van der Waals surface area contributed by atoms with E-state index in [1.807, 2.05) is 24.3 Å². The van der Waals surface area contributed by atoms with Crippen LogP contribution in [0, 0.1) is 0 Å². The molecule has 0 aliphatic carbocycles. The molecule has 234 valence electrons. The largest absolute Gasteiger partial charge is 0.508 e. The highest BCUT2D eigenvalue weighted by Gasteiger charge is 2.23. The fraction of sp³-hybridized carbons (Fsp3) is 0.588. The molecule has 0 heterocycles. The molecule has 42 heavy (non-hydrogen) atoms. The van der Waals surface area contributed by atoms with Crippen molar-refractivity contribution in [1.29, 1.82) is 0 Å². The van der Waals surface area contributed by atoms with Crippen LogP contribution in [0.1, 0.15) is 89.5 Å². The Morgan fingerprint density at radius 3 is 1.33 bits per heavy atom. The van der Waals surface area contributed by atoms with Crippen LogP contribution in [0.4, 0.5) is 0 Å². The second-order valence-electron chi connectivity index (χ2n) is 11.8. The highest BCUT2D eigenvalue weighted by atomic mass is 16.6. The Bertz CT molecular complexity index is 1050. The molecule has 2 N–H and O–H groups in total. The number of aryl methyl sites for hydroxylation is 2. The molecule has 0 aromatic heterocycles. The Morgan fingerprint density at radius 1 is 0.619 bits per heavy atom. The first-order valence-corrected chi connectivity index (χ1v) is 15.0. The van der Waals surface area contributed by atoms with E-state index in [1.54, 1.807) is 12.1 Å². The Morgan fingerprint density at radius 2 is 0.976 bits per heavy atom. The molecule has 0 aliphatic heterocycles. The van der Waals surface area contributed by atoms with Gasteiger partial charge in [0.2, 0.25) is 0 Å². The first-order chi connectivity index (χ1) is 19.9. The van der Waals surface area contributed by atoms with Crippen LogP contribution in [0.3, 0.4) is 0 Å². The topological polar surface area (TPSA) is 112 Å². The van der Waals surface area contributed by atoms with Crippen molar-refractivity contribution in [3.63, 3.8) is 0 Å². The van der Waals surface area contributed by atoms with Gasteiger partial charge in [0.25, 0.3) is 0 Å². The number of benzene rings is 2. The molecule has 0 radical (unpaired) electrons. The maximum Gasteiger partial charge on any atom is 0.306 e. The molecule has 0 aliphatic rings. The zero-order valence-electron chi connectivity index (χ0n) is 26.3. The van der Waals surface area contributed by atoms with Crippen molar-refractivity contribution in [2.75, 3.05) is 39.6 Å². The molecule has 0 unspecified atom stereocenters. The lowest BCUT2D eigenvalue weighted by Gasteiger charge is -2.25. The lowest BCUT2D eigenvalue weighted by atomic mass is 9.81. The lowest BCUT2D eigenvalue weighted by molar-refractivity contribution is -0.146. The van der Waals surface area contributed by atoms with Crippen LogP contribution >= 0.6 is 0 Å². The van der Waals surface area contributed by atoms with Crippen LogP contribution in [-0.2, 0) is 52.2 Å². The minimum atomic E-state index is -0.295. The summed E-state index contributed by atoms with van der Waals surface area (Å²) < 4.78 is 21.4. The van der Waals surface area contributed by atoms with Gasteiger partial charge in [-0.3, -0.25) is 9.59 Å². The van der Waals surface area contributed by atoms with E-state index in [2.05, 4.69) is 41.5 Å². The molecule has 8 nitrogen and oxygen atoms in total. The number of ether oxygens (including phenoxy) is 4. The van der Waals surface area contributed by atoms with Crippen LogP contribution in [-0.4, -0.2) is 61.8 Å². The molecule has 8 heteroatoms. The Balaban J connectivity index is 1.51. The molecule has 0 atom stereocenters. The normalized spacial score (nSPS) is 11.9. The first-order valence-electron chi connectivity index (χ1n) is 15.0. The molecule has 0 saturated heterocycles. The molecule has 2 rings (SSSR count). The summed E-state index contributed by atoms with van der Waals surface area (Å²) in [5, 5.41) is 20.4. The standard InChI is InChI=1S/C34H50O8/c1-7-33(3,4)27-23-25(9-13-29(27)35)11-15-31(37)41-21-19-39-17-18-40-20-22-42-32(38)16-12-26-10-14-30(36)28(24-26)34(5,6)8-2/h9-10,13-14,23-24,35-36H,7-8,11-12,15-22H2,1-6H3. The smallest absolute Gasteiger partial charge is 0.306 e. The second kappa shape index (κ2) is 17.1. The van der Waals surface area contributed by atoms with Crippen molar-refractivity contribution in [2.24, 2.45) is 0 Å². The average Bonchev–Trinajstić information content (AvgIpc) is 2.96. The number of aromatic hydroxyl groups is 2. The zero-order valence-corrected chi connectivity index (χ0v) is 26.3. The highest BCUT2D eigenvalue weighted by molar-refractivity contribution is 5.70. The molecule has 0 fully saturated rings. The van der Waals surface area contributed by atoms with E-state index in [0.717, 1.165) is 35.1 Å². The first kappa shape index (κ1) is 35.1. The van der Waals surface area contributed by atoms with Gasteiger partial charge in [-0.25, -0.2) is 0 Å². The summed E-state index contributed by atoms with van der Waals surface area (Å²) in [4.78, 5) is 24.2. The maximum absolute atomic E-state index is 12.1. The predicted octanol–water partition coefficient (Wildman–Crippen LogP) is 6.16.